The number of rotatable bonds is 6. The maximum Gasteiger partial charge on any atom is 0.306 e. The average Bonchev–Trinajstić information content (AvgIpc) is 2.44. The van der Waals surface area contributed by atoms with Crippen LogP contribution in [0.25, 0.3) is 0 Å². The molecular weight excluding hydrogens is 252 g/mol. The van der Waals surface area contributed by atoms with Gasteiger partial charge in [0.2, 0.25) is 5.91 Å². The van der Waals surface area contributed by atoms with Crippen LogP contribution in [0.4, 0.5) is 0 Å². The fourth-order valence-corrected chi connectivity index (χ4v) is 1.94. The Kier molecular flexibility index (Phi) is 5.71. The predicted molar refractivity (Wildman–Crippen MR) is 67.5 cm³/mol. The summed E-state index contributed by atoms with van der Waals surface area (Å²) in [6, 6.07) is 0. The van der Waals surface area contributed by atoms with Crippen molar-refractivity contribution in [3.05, 3.63) is 0 Å². The Morgan fingerprint density at radius 3 is 2.21 bits per heavy atom. The molecule has 0 unspecified atom stereocenters. The molecule has 1 fully saturated rings. The Labute approximate surface area is 112 Å². The SMILES string of the molecule is CC(CO)(CO)NCC(=O)N1CCC(C(=O)O)CC1. The van der Waals surface area contributed by atoms with Gasteiger partial charge in [0.05, 0.1) is 31.2 Å². The van der Waals surface area contributed by atoms with Gasteiger partial charge in [-0.3, -0.25) is 14.9 Å². The van der Waals surface area contributed by atoms with E-state index in [0.717, 1.165) is 0 Å². The predicted octanol–water partition coefficient (Wildman–Crippen LogP) is -1.36. The zero-order chi connectivity index (χ0) is 14.5. The summed E-state index contributed by atoms with van der Waals surface area (Å²) in [5.74, 6) is -1.31. The van der Waals surface area contributed by atoms with Crippen LogP contribution in [0.15, 0.2) is 0 Å². The molecule has 1 saturated heterocycles. The van der Waals surface area contributed by atoms with Crippen molar-refractivity contribution in [2.45, 2.75) is 25.3 Å². The molecule has 0 aromatic rings. The van der Waals surface area contributed by atoms with Gasteiger partial charge in [-0.2, -0.15) is 0 Å². The van der Waals surface area contributed by atoms with Crippen molar-refractivity contribution in [3.63, 3.8) is 0 Å². The summed E-state index contributed by atoms with van der Waals surface area (Å²) < 4.78 is 0. The van der Waals surface area contributed by atoms with Crippen LogP contribution in [0.2, 0.25) is 0 Å². The zero-order valence-electron chi connectivity index (χ0n) is 11.1. The molecule has 0 atom stereocenters. The number of nitrogens with zero attached hydrogens (tertiary/aromatic N) is 1. The minimum absolute atomic E-state index is 0.0232. The van der Waals surface area contributed by atoms with Crippen LogP contribution in [-0.4, -0.2) is 70.5 Å². The van der Waals surface area contributed by atoms with Gasteiger partial charge in [-0.05, 0) is 19.8 Å². The number of piperidine rings is 1. The lowest BCUT2D eigenvalue weighted by Gasteiger charge is -2.32. The summed E-state index contributed by atoms with van der Waals surface area (Å²) in [5.41, 5.74) is -0.880. The number of likely N-dealkylation sites (tertiary alicyclic amines) is 1. The highest BCUT2D eigenvalue weighted by Crippen LogP contribution is 2.17. The van der Waals surface area contributed by atoms with Crippen LogP contribution in [0.1, 0.15) is 19.8 Å². The van der Waals surface area contributed by atoms with E-state index in [9.17, 15) is 9.59 Å². The van der Waals surface area contributed by atoms with Crippen LogP contribution < -0.4 is 5.32 Å². The lowest BCUT2D eigenvalue weighted by atomic mass is 9.97. The molecule has 110 valence electrons. The molecule has 0 radical (unpaired) electrons. The van der Waals surface area contributed by atoms with E-state index in [1.54, 1.807) is 11.8 Å². The molecule has 19 heavy (non-hydrogen) atoms. The molecule has 0 aromatic carbocycles. The van der Waals surface area contributed by atoms with Crippen molar-refractivity contribution >= 4 is 11.9 Å². The highest BCUT2D eigenvalue weighted by atomic mass is 16.4. The Hall–Kier alpha value is -1.18. The largest absolute Gasteiger partial charge is 0.481 e. The van der Waals surface area contributed by atoms with Crippen LogP contribution >= 0.6 is 0 Å². The summed E-state index contributed by atoms with van der Waals surface area (Å²) in [5, 5.41) is 29.9. The summed E-state index contributed by atoms with van der Waals surface area (Å²) in [7, 11) is 0. The van der Waals surface area contributed by atoms with Gasteiger partial charge in [0, 0.05) is 13.1 Å². The Bertz CT molecular complexity index is 322. The fourth-order valence-electron chi connectivity index (χ4n) is 1.94. The van der Waals surface area contributed by atoms with Crippen molar-refractivity contribution in [2.24, 2.45) is 5.92 Å². The van der Waals surface area contributed by atoms with E-state index in [-0.39, 0.29) is 31.6 Å². The molecule has 0 spiro atoms. The van der Waals surface area contributed by atoms with E-state index < -0.39 is 11.5 Å². The van der Waals surface area contributed by atoms with Crippen LogP contribution in [0, 0.1) is 5.92 Å². The Morgan fingerprint density at radius 1 is 1.26 bits per heavy atom. The number of carbonyl (C=O) groups excluding carboxylic acids is 1. The molecule has 1 amide bonds. The molecule has 7 heteroatoms. The number of amides is 1. The Morgan fingerprint density at radius 2 is 1.79 bits per heavy atom. The molecule has 0 aliphatic carbocycles. The summed E-state index contributed by atoms with van der Waals surface area (Å²) in [6.07, 6.45) is 0.941. The normalized spacial score (nSPS) is 17.5. The molecule has 1 rings (SSSR count). The minimum Gasteiger partial charge on any atom is -0.481 e. The highest BCUT2D eigenvalue weighted by molar-refractivity contribution is 5.79. The number of aliphatic carboxylic acids is 1. The van der Waals surface area contributed by atoms with Gasteiger partial charge in [0.25, 0.3) is 0 Å². The van der Waals surface area contributed by atoms with Gasteiger partial charge >= 0.3 is 5.97 Å². The van der Waals surface area contributed by atoms with Gasteiger partial charge in [0.1, 0.15) is 0 Å². The van der Waals surface area contributed by atoms with E-state index in [1.165, 1.54) is 0 Å². The summed E-state index contributed by atoms with van der Waals surface area (Å²) in [6.45, 7) is 1.99. The number of hydrogen-bond acceptors (Lipinski definition) is 5. The van der Waals surface area contributed by atoms with Gasteiger partial charge in [-0.1, -0.05) is 0 Å². The minimum atomic E-state index is -0.880. The van der Waals surface area contributed by atoms with E-state index in [2.05, 4.69) is 5.32 Å². The number of nitrogens with one attached hydrogen (secondary N) is 1. The number of hydrogen-bond donors (Lipinski definition) is 4. The third-order valence-electron chi connectivity index (χ3n) is 3.56. The van der Waals surface area contributed by atoms with E-state index in [4.69, 9.17) is 15.3 Å². The second-order valence-electron chi connectivity index (χ2n) is 5.22. The molecule has 1 aliphatic heterocycles. The van der Waals surface area contributed by atoms with Crippen molar-refractivity contribution in [3.8, 4) is 0 Å². The van der Waals surface area contributed by atoms with Gasteiger partial charge in [0.15, 0.2) is 0 Å². The van der Waals surface area contributed by atoms with Crippen molar-refractivity contribution in [1.82, 2.24) is 10.2 Å². The molecule has 0 saturated carbocycles. The fraction of sp³-hybridized carbons (Fsp3) is 0.833. The highest BCUT2D eigenvalue weighted by Gasteiger charge is 2.28. The van der Waals surface area contributed by atoms with Crippen LogP contribution in [0.3, 0.4) is 0 Å². The quantitative estimate of drug-likeness (QED) is 0.476. The molecule has 7 nitrogen and oxygen atoms in total. The van der Waals surface area contributed by atoms with Crippen molar-refractivity contribution < 1.29 is 24.9 Å². The van der Waals surface area contributed by atoms with Gasteiger partial charge in [-0.25, -0.2) is 0 Å². The van der Waals surface area contributed by atoms with E-state index >= 15 is 0 Å². The molecule has 1 aliphatic rings. The Balaban J connectivity index is 2.38. The zero-order valence-corrected chi connectivity index (χ0v) is 11.1. The number of aliphatic hydroxyl groups excluding tert-OH is 2. The first-order valence-electron chi connectivity index (χ1n) is 6.39. The molecule has 4 N–H and O–H groups in total. The number of carbonyl (C=O) groups is 2. The maximum absolute atomic E-state index is 11.9. The summed E-state index contributed by atoms with van der Waals surface area (Å²) >= 11 is 0. The number of carboxylic acid groups (broad SMARTS) is 1. The first-order valence-corrected chi connectivity index (χ1v) is 6.39. The smallest absolute Gasteiger partial charge is 0.306 e. The molecular formula is C12H22N2O5. The molecule has 1 heterocycles. The van der Waals surface area contributed by atoms with Gasteiger partial charge in [-0.15, -0.1) is 0 Å². The lowest BCUT2D eigenvalue weighted by Crippen LogP contribution is -2.53. The number of aliphatic hydroxyl groups is 2. The second-order valence-corrected chi connectivity index (χ2v) is 5.22. The van der Waals surface area contributed by atoms with Crippen molar-refractivity contribution in [2.75, 3.05) is 32.8 Å². The first kappa shape index (κ1) is 15.9. The van der Waals surface area contributed by atoms with Crippen LogP contribution in [-0.2, 0) is 9.59 Å². The van der Waals surface area contributed by atoms with E-state index in [1.807, 2.05) is 0 Å². The first-order chi connectivity index (χ1) is 8.91. The standard InChI is InChI=1S/C12H22N2O5/c1-12(7-15,8-16)13-6-10(17)14-4-2-9(3-5-14)11(18)19/h9,13,15-16H,2-8H2,1H3,(H,18,19). The van der Waals surface area contributed by atoms with Crippen molar-refractivity contribution in [1.29, 1.82) is 0 Å². The van der Waals surface area contributed by atoms with Gasteiger partial charge < -0.3 is 20.2 Å². The van der Waals surface area contributed by atoms with Crippen LogP contribution in [0.5, 0.6) is 0 Å². The van der Waals surface area contributed by atoms with E-state index in [0.29, 0.717) is 25.9 Å². The monoisotopic (exact) mass is 274 g/mol. The summed E-state index contributed by atoms with van der Waals surface area (Å²) in [4.78, 5) is 24.3. The maximum atomic E-state index is 11.9. The lowest BCUT2D eigenvalue weighted by molar-refractivity contribution is -0.145. The molecule has 0 aromatic heterocycles. The molecule has 0 bridgehead atoms. The topological polar surface area (TPSA) is 110 Å². The average molecular weight is 274 g/mol. The number of carboxylic acids is 1. The second kappa shape index (κ2) is 6.83. The third-order valence-corrected chi connectivity index (χ3v) is 3.56. The third kappa shape index (κ3) is 4.45.